The van der Waals surface area contributed by atoms with Crippen LogP contribution in [-0.4, -0.2) is 43.9 Å². The fraction of sp³-hybridized carbons (Fsp3) is 0.625. The molecule has 0 radical (unpaired) electrons. The van der Waals surface area contributed by atoms with Crippen LogP contribution in [0.2, 0.25) is 0 Å². The Balaban J connectivity index is 2.02. The van der Waals surface area contributed by atoms with Crippen LogP contribution in [0.1, 0.15) is 25.3 Å². The number of likely N-dealkylation sites (N-methyl/N-ethyl adjacent to an activating group) is 1. The number of ether oxygens (including phenoxy) is 2. The number of nitrogens with zero attached hydrogens (tertiary/aromatic N) is 1. The van der Waals surface area contributed by atoms with E-state index in [0.717, 1.165) is 31.7 Å². The predicted octanol–water partition coefficient (Wildman–Crippen LogP) is 2.02. The lowest BCUT2D eigenvalue weighted by Crippen LogP contribution is -2.62. The van der Waals surface area contributed by atoms with Gasteiger partial charge in [-0.2, -0.15) is 0 Å². The highest BCUT2D eigenvalue weighted by molar-refractivity contribution is 5.33. The SMILES string of the molecule is CCOC1CC(CN)(N(C)Cc2ccccc2OC)C1. The Kier molecular flexibility index (Phi) is 5.02. The van der Waals surface area contributed by atoms with E-state index in [4.69, 9.17) is 15.2 Å². The van der Waals surface area contributed by atoms with Crippen LogP contribution in [0, 0.1) is 0 Å². The number of para-hydroxylation sites is 1. The minimum atomic E-state index is 0.0701. The fourth-order valence-corrected chi connectivity index (χ4v) is 3.03. The highest BCUT2D eigenvalue weighted by Crippen LogP contribution is 2.39. The standard InChI is InChI=1S/C16H26N2O2/c1-4-20-14-9-16(10-14,12-17)18(2)11-13-7-5-6-8-15(13)19-3/h5-8,14H,4,9-12,17H2,1-3H3. The van der Waals surface area contributed by atoms with Gasteiger partial charge in [0.25, 0.3) is 0 Å². The van der Waals surface area contributed by atoms with E-state index >= 15 is 0 Å². The Morgan fingerprint density at radius 3 is 2.65 bits per heavy atom. The average molecular weight is 278 g/mol. The van der Waals surface area contributed by atoms with Crippen LogP contribution in [0.4, 0.5) is 0 Å². The van der Waals surface area contributed by atoms with E-state index in [1.54, 1.807) is 7.11 Å². The average Bonchev–Trinajstić information content (AvgIpc) is 2.43. The highest BCUT2D eigenvalue weighted by atomic mass is 16.5. The zero-order valence-electron chi connectivity index (χ0n) is 12.8. The summed E-state index contributed by atoms with van der Waals surface area (Å²) >= 11 is 0. The van der Waals surface area contributed by atoms with E-state index < -0.39 is 0 Å². The molecular formula is C16H26N2O2. The van der Waals surface area contributed by atoms with E-state index in [1.165, 1.54) is 5.56 Å². The monoisotopic (exact) mass is 278 g/mol. The van der Waals surface area contributed by atoms with Crippen molar-refractivity contribution in [2.24, 2.45) is 5.73 Å². The molecule has 1 aliphatic rings. The number of nitrogens with two attached hydrogens (primary N) is 1. The molecule has 2 N–H and O–H groups in total. The molecule has 0 heterocycles. The molecule has 1 fully saturated rings. The summed E-state index contributed by atoms with van der Waals surface area (Å²) < 4.78 is 11.1. The van der Waals surface area contributed by atoms with Crippen LogP contribution in [0.3, 0.4) is 0 Å². The Labute approximate surface area is 121 Å². The number of hydrogen-bond donors (Lipinski definition) is 1. The molecule has 20 heavy (non-hydrogen) atoms. The van der Waals surface area contributed by atoms with Crippen LogP contribution in [0.5, 0.6) is 5.75 Å². The minimum Gasteiger partial charge on any atom is -0.496 e. The topological polar surface area (TPSA) is 47.7 Å². The first-order chi connectivity index (χ1) is 9.65. The Morgan fingerprint density at radius 1 is 1.35 bits per heavy atom. The van der Waals surface area contributed by atoms with E-state index in [2.05, 4.69) is 18.0 Å². The smallest absolute Gasteiger partial charge is 0.123 e. The first kappa shape index (κ1) is 15.3. The van der Waals surface area contributed by atoms with Crippen molar-refractivity contribution in [2.45, 2.75) is 38.0 Å². The van der Waals surface area contributed by atoms with Gasteiger partial charge in [0.1, 0.15) is 5.75 Å². The molecule has 0 unspecified atom stereocenters. The molecular weight excluding hydrogens is 252 g/mol. The number of methoxy groups -OCH3 is 1. The van der Waals surface area contributed by atoms with Crippen molar-refractivity contribution in [1.29, 1.82) is 0 Å². The van der Waals surface area contributed by atoms with Crippen molar-refractivity contribution in [1.82, 2.24) is 4.90 Å². The number of benzene rings is 1. The van der Waals surface area contributed by atoms with Crippen molar-refractivity contribution >= 4 is 0 Å². The largest absolute Gasteiger partial charge is 0.496 e. The van der Waals surface area contributed by atoms with Gasteiger partial charge in [-0.05, 0) is 32.9 Å². The molecule has 1 aromatic rings. The maximum absolute atomic E-state index is 6.02. The molecule has 0 atom stereocenters. The third-order valence-corrected chi connectivity index (χ3v) is 4.41. The molecule has 1 aliphatic carbocycles. The number of hydrogen-bond acceptors (Lipinski definition) is 4. The van der Waals surface area contributed by atoms with Gasteiger partial charge in [0, 0.05) is 30.8 Å². The lowest BCUT2D eigenvalue weighted by molar-refractivity contribution is -0.0948. The van der Waals surface area contributed by atoms with Gasteiger partial charge in [0.05, 0.1) is 13.2 Å². The van der Waals surface area contributed by atoms with Crippen molar-refractivity contribution in [3.63, 3.8) is 0 Å². The molecule has 2 rings (SSSR count). The summed E-state index contributed by atoms with van der Waals surface area (Å²) in [7, 11) is 3.85. The van der Waals surface area contributed by atoms with Gasteiger partial charge < -0.3 is 15.2 Å². The van der Waals surface area contributed by atoms with Gasteiger partial charge >= 0.3 is 0 Å². The Morgan fingerprint density at radius 2 is 2.05 bits per heavy atom. The van der Waals surface area contributed by atoms with Crippen molar-refractivity contribution in [3.8, 4) is 5.75 Å². The van der Waals surface area contributed by atoms with Gasteiger partial charge in [-0.25, -0.2) is 0 Å². The molecule has 1 saturated carbocycles. The van der Waals surface area contributed by atoms with E-state index in [9.17, 15) is 0 Å². The summed E-state index contributed by atoms with van der Waals surface area (Å²) in [4.78, 5) is 2.35. The van der Waals surface area contributed by atoms with E-state index in [-0.39, 0.29) is 5.54 Å². The van der Waals surface area contributed by atoms with Gasteiger partial charge in [-0.1, -0.05) is 18.2 Å². The van der Waals surface area contributed by atoms with Gasteiger partial charge in [-0.15, -0.1) is 0 Å². The number of rotatable bonds is 7. The second-order valence-electron chi connectivity index (χ2n) is 5.58. The summed E-state index contributed by atoms with van der Waals surface area (Å²) in [5, 5.41) is 0. The molecule has 4 nitrogen and oxygen atoms in total. The third kappa shape index (κ3) is 2.97. The van der Waals surface area contributed by atoms with Gasteiger partial charge in [-0.3, -0.25) is 4.90 Å². The molecule has 0 spiro atoms. The molecule has 0 saturated heterocycles. The third-order valence-electron chi connectivity index (χ3n) is 4.41. The molecule has 0 amide bonds. The predicted molar refractivity (Wildman–Crippen MR) is 80.9 cm³/mol. The Hall–Kier alpha value is -1.10. The van der Waals surface area contributed by atoms with Crippen molar-refractivity contribution < 1.29 is 9.47 Å². The maximum atomic E-state index is 6.02. The van der Waals surface area contributed by atoms with Crippen LogP contribution >= 0.6 is 0 Å². The fourth-order valence-electron chi connectivity index (χ4n) is 3.03. The quantitative estimate of drug-likeness (QED) is 0.829. The first-order valence-electron chi connectivity index (χ1n) is 7.30. The van der Waals surface area contributed by atoms with E-state index in [1.807, 2.05) is 25.1 Å². The lowest BCUT2D eigenvalue weighted by atomic mass is 9.73. The maximum Gasteiger partial charge on any atom is 0.123 e. The summed E-state index contributed by atoms with van der Waals surface area (Å²) in [5.41, 5.74) is 7.29. The molecule has 4 heteroatoms. The van der Waals surface area contributed by atoms with Crippen LogP contribution in [0.15, 0.2) is 24.3 Å². The summed E-state index contributed by atoms with van der Waals surface area (Å²) in [5.74, 6) is 0.937. The summed E-state index contributed by atoms with van der Waals surface area (Å²) in [6.07, 6.45) is 2.40. The zero-order valence-corrected chi connectivity index (χ0v) is 12.8. The van der Waals surface area contributed by atoms with E-state index in [0.29, 0.717) is 12.6 Å². The zero-order chi connectivity index (χ0) is 14.6. The second kappa shape index (κ2) is 6.57. The Bertz CT molecular complexity index is 430. The first-order valence-corrected chi connectivity index (χ1v) is 7.30. The summed E-state index contributed by atoms with van der Waals surface area (Å²) in [6, 6.07) is 8.15. The molecule has 0 aromatic heterocycles. The van der Waals surface area contributed by atoms with Crippen molar-refractivity contribution in [3.05, 3.63) is 29.8 Å². The molecule has 0 bridgehead atoms. The second-order valence-corrected chi connectivity index (χ2v) is 5.58. The minimum absolute atomic E-state index is 0.0701. The van der Waals surface area contributed by atoms with Gasteiger partial charge in [0.15, 0.2) is 0 Å². The molecule has 0 aliphatic heterocycles. The molecule has 1 aromatic carbocycles. The van der Waals surface area contributed by atoms with Crippen molar-refractivity contribution in [2.75, 3.05) is 27.3 Å². The molecule has 112 valence electrons. The van der Waals surface area contributed by atoms with Crippen LogP contribution in [-0.2, 0) is 11.3 Å². The summed E-state index contributed by atoms with van der Waals surface area (Å²) in [6.45, 7) is 4.34. The highest BCUT2D eigenvalue weighted by Gasteiger charge is 2.46. The normalized spacial score (nSPS) is 25.6. The lowest BCUT2D eigenvalue weighted by Gasteiger charge is -2.52. The van der Waals surface area contributed by atoms with Crippen LogP contribution < -0.4 is 10.5 Å². The van der Waals surface area contributed by atoms with Gasteiger partial charge in [0.2, 0.25) is 0 Å². The van der Waals surface area contributed by atoms with Crippen LogP contribution in [0.25, 0.3) is 0 Å².